The van der Waals surface area contributed by atoms with Crippen LogP contribution in [0.3, 0.4) is 0 Å². The van der Waals surface area contributed by atoms with Gasteiger partial charge in [-0.15, -0.1) is 0 Å². The Hall–Kier alpha value is -0.120. The van der Waals surface area contributed by atoms with E-state index in [0.717, 1.165) is 12.8 Å². The summed E-state index contributed by atoms with van der Waals surface area (Å²) in [6.07, 6.45) is 4.62. The Morgan fingerprint density at radius 2 is 2.27 bits per heavy atom. The van der Waals surface area contributed by atoms with Gasteiger partial charge in [0.2, 0.25) is 0 Å². The maximum Gasteiger partial charge on any atom is 0.143 e. The first kappa shape index (κ1) is 8.97. The van der Waals surface area contributed by atoms with Crippen LogP contribution in [0.2, 0.25) is 0 Å². The molecule has 66 valence electrons. The van der Waals surface area contributed by atoms with Crippen LogP contribution in [0.4, 0.5) is 0 Å². The lowest BCUT2D eigenvalue weighted by Crippen LogP contribution is -2.29. The lowest BCUT2D eigenvalue weighted by molar-refractivity contribution is -0.0234. The quantitative estimate of drug-likeness (QED) is 0.588. The van der Waals surface area contributed by atoms with Gasteiger partial charge in [0.05, 0.1) is 6.61 Å². The summed E-state index contributed by atoms with van der Waals surface area (Å²) in [5.74, 6) is 0.575. The molecule has 2 atom stereocenters. The van der Waals surface area contributed by atoms with Crippen LogP contribution in [0.25, 0.3) is 0 Å². The van der Waals surface area contributed by atoms with Gasteiger partial charge in [0.1, 0.15) is 6.79 Å². The van der Waals surface area contributed by atoms with E-state index in [1.165, 1.54) is 12.8 Å². The number of aliphatic hydroxyl groups is 1. The molecule has 0 unspecified atom stereocenters. The van der Waals surface area contributed by atoms with Crippen LogP contribution >= 0.6 is 0 Å². The van der Waals surface area contributed by atoms with E-state index in [2.05, 4.69) is 0 Å². The van der Waals surface area contributed by atoms with Crippen molar-refractivity contribution in [3.8, 4) is 0 Å². The van der Waals surface area contributed by atoms with Crippen molar-refractivity contribution in [3.63, 3.8) is 0 Å². The lowest BCUT2D eigenvalue weighted by atomic mass is 9.87. The van der Waals surface area contributed by atoms with E-state index in [9.17, 15) is 0 Å². The molecule has 3 nitrogen and oxygen atoms in total. The highest BCUT2D eigenvalue weighted by Gasteiger charge is 2.18. The highest BCUT2D eigenvalue weighted by molar-refractivity contribution is 4.74. The van der Waals surface area contributed by atoms with Gasteiger partial charge in [-0.3, -0.25) is 0 Å². The van der Waals surface area contributed by atoms with Crippen LogP contribution in [0.5, 0.6) is 0 Å². The predicted octanol–water partition coefficient (Wildman–Crippen LogP) is 0.470. The molecule has 0 aromatic heterocycles. The summed E-state index contributed by atoms with van der Waals surface area (Å²) >= 11 is 0. The zero-order chi connectivity index (χ0) is 8.10. The largest absolute Gasteiger partial charge is 0.371 e. The smallest absolute Gasteiger partial charge is 0.143 e. The first-order chi connectivity index (χ1) is 5.33. The van der Waals surface area contributed by atoms with Crippen molar-refractivity contribution in [1.82, 2.24) is 0 Å². The third-order valence-corrected chi connectivity index (χ3v) is 2.27. The molecule has 1 aliphatic carbocycles. The fourth-order valence-corrected chi connectivity index (χ4v) is 1.70. The summed E-state index contributed by atoms with van der Waals surface area (Å²) in [4.78, 5) is 0. The summed E-state index contributed by atoms with van der Waals surface area (Å²) in [7, 11) is 0. The molecule has 0 bridgehead atoms. The van der Waals surface area contributed by atoms with E-state index >= 15 is 0 Å². The van der Waals surface area contributed by atoms with Crippen molar-refractivity contribution in [3.05, 3.63) is 0 Å². The Morgan fingerprint density at radius 1 is 1.45 bits per heavy atom. The maximum absolute atomic E-state index is 8.41. The van der Waals surface area contributed by atoms with E-state index in [0.29, 0.717) is 18.6 Å². The highest BCUT2D eigenvalue weighted by Crippen LogP contribution is 2.22. The van der Waals surface area contributed by atoms with Gasteiger partial charge in [-0.2, -0.15) is 0 Å². The Balaban J connectivity index is 2.12. The molecule has 0 aromatic rings. The summed E-state index contributed by atoms with van der Waals surface area (Å²) in [6, 6.07) is 0.357. The van der Waals surface area contributed by atoms with Crippen molar-refractivity contribution >= 4 is 0 Å². The van der Waals surface area contributed by atoms with Crippen molar-refractivity contribution in [2.75, 3.05) is 13.4 Å². The number of hydrogen-bond acceptors (Lipinski definition) is 3. The summed E-state index contributed by atoms with van der Waals surface area (Å²) in [5.41, 5.74) is 5.78. The minimum Gasteiger partial charge on any atom is -0.371 e. The van der Waals surface area contributed by atoms with Crippen LogP contribution < -0.4 is 5.73 Å². The first-order valence-electron chi connectivity index (χ1n) is 4.27. The Labute approximate surface area is 67.5 Å². The zero-order valence-corrected chi connectivity index (χ0v) is 6.83. The molecule has 0 heterocycles. The molecule has 1 fully saturated rings. The molecule has 1 rings (SSSR count). The second-order valence-electron chi connectivity index (χ2n) is 3.29. The Morgan fingerprint density at radius 3 is 2.91 bits per heavy atom. The van der Waals surface area contributed by atoms with Gasteiger partial charge >= 0.3 is 0 Å². The number of rotatable bonds is 3. The first-order valence-corrected chi connectivity index (χ1v) is 4.27. The Kier molecular flexibility index (Phi) is 3.83. The third-order valence-electron chi connectivity index (χ3n) is 2.27. The molecule has 1 saturated carbocycles. The normalized spacial score (nSPS) is 32.2. The van der Waals surface area contributed by atoms with E-state index in [-0.39, 0.29) is 6.79 Å². The molecule has 0 saturated heterocycles. The lowest BCUT2D eigenvalue weighted by Gasteiger charge is -2.25. The van der Waals surface area contributed by atoms with Gasteiger partial charge in [-0.05, 0) is 25.2 Å². The summed E-state index contributed by atoms with van der Waals surface area (Å²) < 4.78 is 4.92. The number of ether oxygens (including phenoxy) is 1. The van der Waals surface area contributed by atoms with Crippen molar-refractivity contribution in [2.24, 2.45) is 11.7 Å². The summed E-state index contributed by atoms with van der Waals surface area (Å²) in [5, 5.41) is 8.41. The monoisotopic (exact) mass is 159 g/mol. The number of nitrogens with two attached hydrogens (primary N) is 1. The van der Waals surface area contributed by atoms with Crippen LogP contribution in [0, 0.1) is 5.92 Å². The van der Waals surface area contributed by atoms with Gasteiger partial charge in [0.15, 0.2) is 0 Å². The maximum atomic E-state index is 8.41. The molecule has 3 heteroatoms. The van der Waals surface area contributed by atoms with Gasteiger partial charge in [-0.1, -0.05) is 6.42 Å². The molecule has 0 aliphatic heterocycles. The van der Waals surface area contributed by atoms with Crippen molar-refractivity contribution in [2.45, 2.75) is 31.7 Å². The van der Waals surface area contributed by atoms with E-state index in [1.54, 1.807) is 0 Å². The molecule has 1 aliphatic rings. The van der Waals surface area contributed by atoms with Gasteiger partial charge in [0.25, 0.3) is 0 Å². The van der Waals surface area contributed by atoms with Crippen molar-refractivity contribution < 1.29 is 9.84 Å². The SMILES string of the molecule is N[C@H]1CCC[C@@H](COCO)C1. The summed E-state index contributed by atoms with van der Waals surface area (Å²) in [6.45, 7) is 0.510. The molecule has 0 aromatic carbocycles. The zero-order valence-electron chi connectivity index (χ0n) is 6.83. The average molecular weight is 159 g/mol. The van der Waals surface area contributed by atoms with E-state index < -0.39 is 0 Å². The minimum atomic E-state index is -0.161. The van der Waals surface area contributed by atoms with Crippen molar-refractivity contribution in [1.29, 1.82) is 0 Å². The van der Waals surface area contributed by atoms with Gasteiger partial charge in [-0.25, -0.2) is 0 Å². The second kappa shape index (κ2) is 4.70. The fourth-order valence-electron chi connectivity index (χ4n) is 1.70. The van der Waals surface area contributed by atoms with E-state index in [1.807, 2.05) is 0 Å². The van der Waals surface area contributed by atoms with Crippen LogP contribution in [0.1, 0.15) is 25.7 Å². The highest BCUT2D eigenvalue weighted by atomic mass is 16.6. The Bertz CT molecular complexity index is 108. The second-order valence-corrected chi connectivity index (χ2v) is 3.29. The van der Waals surface area contributed by atoms with Crippen LogP contribution in [-0.2, 0) is 4.74 Å². The number of hydrogen-bond donors (Lipinski definition) is 2. The average Bonchev–Trinajstić information content (AvgIpc) is 2.01. The molecule has 11 heavy (non-hydrogen) atoms. The van der Waals surface area contributed by atoms with E-state index in [4.69, 9.17) is 15.6 Å². The molecule has 0 amide bonds. The van der Waals surface area contributed by atoms with Gasteiger partial charge in [0, 0.05) is 6.04 Å². The predicted molar refractivity (Wildman–Crippen MR) is 43.0 cm³/mol. The number of aliphatic hydroxyl groups excluding tert-OH is 1. The molecule has 0 spiro atoms. The fraction of sp³-hybridized carbons (Fsp3) is 1.00. The van der Waals surface area contributed by atoms with Crippen LogP contribution in [-0.4, -0.2) is 24.5 Å². The molecular weight excluding hydrogens is 142 g/mol. The third kappa shape index (κ3) is 3.18. The standard InChI is InChI=1S/C8H17NO2/c9-8-3-1-2-7(4-8)5-11-6-10/h7-8,10H,1-6,9H2/t7-,8+/m1/s1. The topological polar surface area (TPSA) is 55.5 Å². The minimum absolute atomic E-state index is 0.161. The molecule has 3 N–H and O–H groups in total. The molecular formula is C8H17NO2. The molecule has 0 radical (unpaired) electrons. The van der Waals surface area contributed by atoms with Gasteiger partial charge < -0.3 is 15.6 Å². The van der Waals surface area contributed by atoms with Crippen LogP contribution in [0.15, 0.2) is 0 Å².